The van der Waals surface area contributed by atoms with Crippen molar-refractivity contribution in [2.75, 3.05) is 31.7 Å². The molecule has 1 unspecified atom stereocenters. The summed E-state index contributed by atoms with van der Waals surface area (Å²) in [7, 11) is 0. The van der Waals surface area contributed by atoms with E-state index in [9.17, 15) is 0 Å². The van der Waals surface area contributed by atoms with Gasteiger partial charge in [0.25, 0.3) is 0 Å². The van der Waals surface area contributed by atoms with Gasteiger partial charge in [0.15, 0.2) is 5.96 Å². The van der Waals surface area contributed by atoms with Gasteiger partial charge in [-0.1, -0.05) is 12.1 Å². The zero-order valence-electron chi connectivity index (χ0n) is 12.3. The Morgan fingerprint density at radius 1 is 1.29 bits per heavy atom. The number of guanidine groups is 1. The van der Waals surface area contributed by atoms with E-state index in [1.54, 1.807) is 0 Å². The number of hydrogen-bond acceptors (Lipinski definition) is 3. The molecular weight excluding hydrogens is 266 g/mol. The molecule has 21 heavy (non-hydrogen) atoms. The summed E-state index contributed by atoms with van der Waals surface area (Å²) in [5, 5.41) is 3.24. The Balaban J connectivity index is 1.62. The third-order valence-electron chi connectivity index (χ3n) is 4.01. The van der Waals surface area contributed by atoms with Gasteiger partial charge in [-0.2, -0.15) is 0 Å². The maximum atomic E-state index is 6.00. The highest BCUT2D eigenvalue weighted by atomic mass is 16.6. The van der Waals surface area contributed by atoms with Crippen molar-refractivity contribution < 1.29 is 9.47 Å². The van der Waals surface area contributed by atoms with Crippen LogP contribution in [0, 0.1) is 0 Å². The minimum atomic E-state index is 0.0174. The van der Waals surface area contributed by atoms with Crippen LogP contribution in [0.25, 0.3) is 0 Å². The van der Waals surface area contributed by atoms with E-state index in [0.29, 0.717) is 32.3 Å². The first-order chi connectivity index (χ1) is 10.3. The molecule has 1 heterocycles. The van der Waals surface area contributed by atoms with E-state index >= 15 is 0 Å². The fraction of sp³-hybridized carbons (Fsp3) is 0.562. The monoisotopic (exact) mass is 289 g/mol. The molecule has 1 aliphatic heterocycles. The predicted molar refractivity (Wildman–Crippen MR) is 83.8 cm³/mol. The van der Waals surface area contributed by atoms with E-state index in [1.165, 1.54) is 24.0 Å². The van der Waals surface area contributed by atoms with Gasteiger partial charge in [0.2, 0.25) is 0 Å². The van der Waals surface area contributed by atoms with E-state index in [0.717, 1.165) is 18.5 Å². The molecule has 3 N–H and O–H groups in total. The number of nitrogens with zero attached hydrogens (tertiary/aromatic N) is 1. The number of aryl methyl sites for hydroxylation is 1. The van der Waals surface area contributed by atoms with Crippen molar-refractivity contribution in [3.05, 3.63) is 29.3 Å². The fourth-order valence-electron chi connectivity index (χ4n) is 2.92. The van der Waals surface area contributed by atoms with Crippen LogP contribution in [0.5, 0.6) is 0 Å². The maximum Gasteiger partial charge on any atom is 0.193 e. The van der Waals surface area contributed by atoms with E-state index in [4.69, 9.17) is 15.2 Å². The summed E-state index contributed by atoms with van der Waals surface area (Å²) in [5.74, 6) is 0.447. The van der Waals surface area contributed by atoms with Crippen LogP contribution in [0.15, 0.2) is 23.2 Å². The van der Waals surface area contributed by atoms with E-state index in [-0.39, 0.29) is 6.10 Å². The first-order valence-corrected chi connectivity index (χ1v) is 7.70. The molecule has 0 aromatic heterocycles. The molecule has 1 aromatic carbocycles. The van der Waals surface area contributed by atoms with Crippen LogP contribution in [0.4, 0.5) is 5.69 Å². The Hall–Kier alpha value is -1.59. The molecule has 5 heteroatoms. The number of nitrogens with two attached hydrogens (primary N) is 1. The molecule has 0 spiro atoms. The predicted octanol–water partition coefficient (Wildman–Crippen LogP) is 1.71. The highest BCUT2D eigenvalue weighted by Crippen LogP contribution is 2.27. The van der Waals surface area contributed by atoms with Crippen molar-refractivity contribution in [2.24, 2.45) is 10.7 Å². The molecule has 1 saturated heterocycles. The molecule has 0 radical (unpaired) electrons. The molecule has 5 nitrogen and oxygen atoms in total. The minimum Gasteiger partial charge on any atom is -0.376 e. The summed E-state index contributed by atoms with van der Waals surface area (Å²) in [4.78, 5) is 4.37. The molecule has 1 aliphatic carbocycles. The van der Waals surface area contributed by atoms with Crippen molar-refractivity contribution >= 4 is 11.6 Å². The summed E-state index contributed by atoms with van der Waals surface area (Å²) < 4.78 is 10.9. The number of ether oxygens (including phenoxy) is 2. The van der Waals surface area contributed by atoms with Crippen molar-refractivity contribution in [2.45, 2.75) is 31.8 Å². The van der Waals surface area contributed by atoms with E-state index in [2.05, 4.69) is 28.5 Å². The number of anilines is 1. The Bertz CT molecular complexity index is 510. The van der Waals surface area contributed by atoms with Gasteiger partial charge in [0.05, 0.1) is 26.4 Å². The first-order valence-electron chi connectivity index (χ1n) is 7.70. The molecule has 114 valence electrons. The van der Waals surface area contributed by atoms with Crippen LogP contribution >= 0.6 is 0 Å². The summed E-state index contributed by atoms with van der Waals surface area (Å²) in [5.41, 5.74) is 9.91. The second-order valence-corrected chi connectivity index (χ2v) is 5.57. The van der Waals surface area contributed by atoms with Gasteiger partial charge in [0.1, 0.15) is 6.10 Å². The highest BCUT2D eigenvalue weighted by molar-refractivity contribution is 5.93. The minimum absolute atomic E-state index is 0.0174. The highest BCUT2D eigenvalue weighted by Gasteiger charge is 2.15. The summed E-state index contributed by atoms with van der Waals surface area (Å²) in [6, 6.07) is 6.37. The SMILES string of the molecule is NC(=NCC1COCCO1)Nc1cccc2c1CCCC2. The molecule has 3 rings (SSSR count). The summed E-state index contributed by atoms with van der Waals surface area (Å²) >= 11 is 0. The van der Waals surface area contributed by atoms with Gasteiger partial charge in [-0.15, -0.1) is 0 Å². The van der Waals surface area contributed by atoms with Crippen LogP contribution in [-0.2, 0) is 22.3 Å². The Morgan fingerprint density at radius 3 is 3.05 bits per heavy atom. The zero-order chi connectivity index (χ0) is 14.5. The zero-order valence-corrected chi connectivity index (χ0v) is 12.3. The first kappa shape index (κ1) is 14.4. The summed E-state index contributed by atoms with van der Waals surface area (Å²) in [6.45, 7) is 2.44. The number of nitrogens with one attached hydrogen (secondary N) is 1. The largest absolute Gasteiger partial charge is 0.376 e. The van der Waals surface area contributed by atoms with Crippen molar-refractivity contribution in [1.82, 2.24) is 0 Å². The van der Waals surface area contributed by atoms with Crippen molar-refractivity contribution in [3.63, 3.8) is 0 Å². The van der Waals surface area contributed by atoms with Gasteiger partial charge < -0.3 is 20.5 Å². The van der Waals surface area contributed by atoms with Crippen LogP contribution in [-0.4, -0.2) is 38.4 Å². The van der Waals surface area contributed by atoms with Crippen LogP contribution < -0.4 is 11.1 Å². The third kappa shape index (κ3) is 3.74. The lowest BCUT2D eigenvalue weighted by atomic mass is 9.90. The normalized spacial score (nSPS) is 22.7. The molecule has 1 atom stereocenters. The van der Waals surface area contributed by atoms with Crippen molar-refractivity contribution in [3.8, 4) is 0 Å². The van der Waals surface area contributed by atoms with E-state index < -0.39 is 0 Å². The number of rotatable bonds is 3. The number of benzene rings is 1. The standard InChI is InChI=1S/C16H23N3O2/c17-16(18-10-13-11-20-8-9-21-13)19-15-7-3-5-12-4-1-2-6-14(12)15/h3,5,7,13H,1-2,4,6,8-11H2,(H3,17,18,19). The average molecular weight is 289 g/mol. The summed E-state index contributed by atoms with van der Waals surface area (Å²) in [6.07, 6.45) is 4.82. The Labute approximate surface area is 125 Å². The van der Waals surface area contributed by atoms with Gasteiger partial charge >= 0.3 is 0 Å². The molecule has 0 saturated carbocycles. The lowest BCUT2D eigenvalue weighted by Gasteiger charge is -2.22. The molecule has 1 fully saturated rings. The number of hydrogen-bond donors (Lipinski definition) is 2. The maximum absolute atomic E-state index is 6.00. The van der Waals surface area contributed by atoms with Gasteiger partial charge in [-0.3, -0.25) is 4.99 Å². The Kier molecular flexibility index (Phi) is 4.72. The topological polar surface area (TPSA) is 68.9 Å². The third-order valence-corrected chi connectivity index (χ3v) is 4.01. The van der Waals surface area contributed by atoms with Crippen LogP contribution in [0.1, 0.15) is 24.0 Å². The lowest BCUT2D eigenvalue weighted by molar-refractivity contribution is -0.0832. The number of fused-ring (bicyclic) bond motifs is 1. The quantitative estimate of drug-likeness (QED) is 0.656. The average Bonchev–Trinajstić information content (AvgIpc) is 2.54. The number of aliphatic imine (C=N–C) groups is 1. The smallest absolute Gasteiger partial charge is 0.193 e. The molecule has 1 aromatic rings. The second-order valence-electron chi connectivity index (χ2n) is 5.57. The second kappa shape index (κ2) is 6.91. The molecule has 2 aliphatic rings. The van der Waals surface area contributed by atoms with Gasteiger partial charge in [-0.25, -0.2) is 0 Å². The Morgan fingerprint density at radius 2 is 2.19 bits per heavy atom. The van der Waals surface area contributed by atoms with Gasteiger partial charge in [-0.05, 0) is 42.9 Å². The van der Waals surface area contributed by atoms with E-state index in [1.807, 2.05) is 0 Å². The molecule has 0 amide bonds. The van der Waals surface area contributed by atoms with Crippen molar-refractivity contribution in [1.29, 1.82) is 0 Å². The van der Waals surface area contributed by atoms with Gasteiger partial charge in [0, 0.05) is 5.69 Å². The van der Waals surface area contributed by atoms with Crippen LogP contribution in [0.3, 0.4) is 0 Å². The molecule has 0 bridgehead atoms. The van der Waals surface area contributed by atoms with Crippen LogP contribution in [0.2, 0.25) is 0 Å². The molecular formula is C16H23N3O2. The lowest BCUT2D eigenvalue weighted by Crippen LogP contribution is -2.33. The fourth-order valence-corrected chi connectivity index (χ4v) is 2.92.